The van der Waals surface area contributed by atoms with Crippen LogP contribution < -0.4 is 10.2 Å². The van der Waals surface area contributed by atoms with Gasteiger partial charge in [0.05, 0.1) is 18.4 Å². The first-order valence-electron chi connectivity index (χ1n) is 10.8. The first kappa shape index (κ1) is 22.6. The summed E-state index contributed by atoms with van der Waals surface area (Å²) in [7, 11) is 2.13. The lowest BCUT2D eigenvalue weighted by Crippen LogP contribution is -2.44. The Labute approximate surface area is 193 Å². The number of nitrogens with one attached hydrogen (secondary N) is 1. The Hall–Kier alpha value is -2.55. The Morgan fingerprint density at radius 1 is 1.19 bits per heavy atom. The molecule has 1 unspecified atom stereocenters. The predicted molar refractivity (Wildman–Crippen MR) is 125 cm³/mol. The molecule has 0 radical (unpaired) electrons. The average Bonchev–Trinajstić information content (AvgIpc) is 3.09. The van der Waals surface area contributed by atoms with Crippen molar-refractivity contribution in [3.05, 3.63) is 46.6 Å². The molecule has 1 fully saturated rings. The summed E-state index contributed by atoms with van der Waals surface area (Å²) in [6.07, 6.45) is 0.108. The SMILES string of the molecule is CN1CCN(c2ccc(Nc3ccc(Cl)c4c3C(O)N(C(=O)OC(C)(C)C)C4)nc2)CC1. The minimum atomic E-state index is -1.16. The van der Waals surface area contributed by atoms with Crippen molar-refractivity contribution in [1.29, 1.82) is 0 Å². The van der Waals surface area contributed by atoms with Gasteiger partial charge in [0.15, 0.2) is 6.23 Å². The number of hydrogen-bond acceptors (Lipinski definition) is 7. The summed E-state index contributed by atoms with van der Waals surface area (Å²) in [5.41, 5.74) is 2.34. The van der Waals surface area contributed by atoms with Gasteiger partial charge in [-0.15, -0.1) is 0 Å². The largest absolute Gasteiger partial charge is 0.444 e. The average molecular weight is 460 g/mol. The number of fused-ring (bicyclic) bond motifs is 1. The monoisotopic (exact) mass is 459 g/mol. The fourth-order valence-electron chi connectivity index (χ4n) is 3.95. The van der Waals surface area contributed by atoms with Gasteiger partial charge in [-0.2, -0.15) is 0 Å². The third kappa shape index (κ3) is 4.77. The van der Waals surface area contributed by atoms with Gasteiger partial charge in [-0.05, 0) is 52.1 Å². The third-order valence-corrected chi connectivity index (χ3v) is 6.04. The van der Waals surface area contributed by atoms with Gasteiger partial charge in [-0.3, -0.25) is 4.90 Å². The van der Waals surface area contributed by atoms with Crippen molar-refractivity contribution in [2.45, 2.75) is 39.1 Å². The molecule has 8 nitrogen and oxygen atoms in total. The summed E-state index contributed by atoms with van der Waals surface area (Å²) in [5.74, 6) is 0.648. The lowest BCUT2D eigenvalue weighted by Gasteiger charge is -2.33. The molecule has 2 aliphatic heterocycles. The number of ether oxygens (including phenoxy) is 1. The van der Waals surface area contributed by atoms with E-state index in [1.54, 1.807) is 32.9 Å². The van der Waals surface area contributed by atoms with Crippen LogP contribution in [0.5, 0.6) is 0 Å². The molecule has 0 spiro atoms. The molecule has 2 N–H and O–H groups in total. The summed E-state index contributed by atoms with van der Waals surface area (Å²) in [4.78, 5) is 23.1. The van der Waals surface area contributed by atoms with Crippen LogP contribution in [0.2, 0.25) is 5.02 Å². The van der Waals surface area contributed by atoms with Crippen LogP contribution >= 0.6 is 11.6 Å². The van der Waals surface area contributed by atoms with Crippen LogP contribution in [-0.2, 0) is 11.3 Å². The van der Waals surface area contributed by atoms with Crippen LogP contribution in [0.15, 0.2) is 30.5 Å². The van der Waals surface area contributed by atoms with Crippen molar-refractivity contribution >= 4 is 34.9 Å². The number of benzene rings is 1. The van der Waals surface area contributed by atoms with Crippen LogP contribution in [0.3, 0.4) is 0 Å². The molecule has 1 aromatic heterocycles. The zero-order valence-electron chi connectivity index (χ0n) is 18.9. The number of likely N-dealkylation sites (N-methyl/N-ethyl adjacent to an activating group) is 1. The van der Waals surface area contributed by atoms with E-state index in [0.29, 0.717) is 27.7 Å². The maximum Gasteiger partial charge on any atom is 0.412 e. The van der Waals surface area contributed by atoms with Gasteiger partial charge >= 0.3 is 6.09 Å². The number of rotatable bonds is 3. The molecule has 2 aliphatic rings. The molecule has 0 aliphatic carbocycles. The van der Waals surface area contributed by atoms with Crippen molar-refractivity contribution in [3.8, 4) is 0 Å². The van der Waals surface area contributed by atoms with Crippen molar-refractivity contribution in [2.75, 3.05) is 43.4 Å². The highest BCUT2D eigenvalue weighted by atomic mass is 35.5. The van der Waals surface area contributed by atoms with Crippen molar-refractivity contribution in [2.24, 2.45) is 0 Å². The Morgan fingerprint density at radius 2 is 1.91 bits per heavy atom. The van der Waals surface area contributed by atoms with Crippen LogP contribution in [0.4, 0.5) is 22.0 Å². The van der Waals surface area contributed by atoms with E-state index >= 15 is 0 Å². The first-order valence-corrected chi connectivity index (χ1v) is 11.2. The number of carbonyl (C=O) groups is 1. The van der Waals surface area contributed by atoms with Crippen LogP contribution in [0.25, 0.3) is 0 Å². The zero-order chi connectivity index (χ0) is 23.0. The number of aliphatic hydroxyl groups is 1. The van der Waals surface area contributed by atoms with E-state index in [-0.39, 0.29) is 6.54 Å². The van der Waals surface area contributed by atoms with Crippen molar-refractivity contribution in [3.63, 3.8) is 0 Å². The Balaban J connectivity index is 1.52. The standard InChI is InChI=1S/C23H30ClN5O3/c1-23(2,3)32-22(31)29-14-16-17(24)6-7-18(20(16)21(29)30)26-19-8-5-15(13-25-19)28-11-9-27(4)10-12-28/h5-8,13,21,30H,9-12,14H2,1-4H3,(H,25,26). The molecular weight excluding hydrogens is 430 g/mol. The van der Waals surface area contributed by atoms with Gasteiger partial charge in [0, 0.05) is 48.0 Å². The number of amides is 1. The number of anilines is 3. The lowest BCUT2D eigenvalue weighted by molar-refractivity contribution is -0.0255. The van der Waals surface area contributed by atoms with Gasteiger partial charge in [0.1, 0.15) is 11.4 Å². The topological polar surface area (TPSA) is 81.2 Å². The third-order valence-electron chi connectivity index (χ3n) is 5.69. The molecule has 3 heterocycles. The minimum Gasteiger partial charge on any atom is -0.444 e. The molecule has 1 amide bonds. The molecule has 9 heteroatoms. The van der Waals surface area contributed by atoms with E-state index < -0.39 is 17.9 Å². The Morgan fingerprint density at radius 3 is 2.53 bits per heavy atom. The molecule has 2 aromatic rings. The quantitative estimate of drug-likeness (QED) is 0.718. The maximum atomic E-state index is 12.6. The molecule has 172 valence electrons. The van der Waals surface area contributed by atoms with Gasteiger partial charge in [0.2, 0.25) is 0 Å². The molecule has 4 rings (SSSR count). The molecular formula is C23H30ClN5O3. The second-order valence-electron chi connectivity index (χ2n) is 9.29. The van der Waals surface area contributed by atoms with E-state index in [1.807, 2.05) is 18.3 Å². The van der Waals surface area contributed by atoms with Gasteiger partial charge < -0.3 is 25.0 Å². The first-order chi connectivity index (χ1) is 15.1. The highest BCUT2D eigenvalue weighted by molar-refractivity contribution is 6.31. The molecule has 1 saturated heterocycles. The summed E-state index contributed by atoms with van der Waals surface area (Å²) in [6, 6.07) is 7.51. The smallest absolute Gasteiger partial charge is 0.412 e. The minimum absolute atomic E-state index is 0.176. The lowest BCUT2D eigenvalue weighted by atomic mass is 10.1. The normalized spacial score (nSPS) is 19.1. The second-order valence-corrected chi connectivity index (χ2v) is 9.69. The summed E-state index contributed by atoms with van der Waals surface area (Å²) in [5, 5.41) is 14.7. The Bertz CT molecular complexity index is 984. The van der Waals surface area contributed by atoms with Crippen LogP contribution in [0.1, 0.15) is 38.1 Å². The fourth-order valence-corrected chi connectivity index (χ4v) is 4.17. The number of piperazine rings is 1. The zero-order valence-corrected chi connectivity index (χ0v) is 19.7. The van der Waals surface area contributed by atoms with E-state index in [1.165, 1.54) is 4.90 Å². The number of nitrogens with zero attached hydrogens (tertiary/aromatic N) is 4. The molecule has 1 atom stereocenters. The van der Waals surface area contributed by atoms with E-state index in [4.69, 9.17) is 16.3 Å². The summed E-state index contributed by atoms with van der Waals surface area (Å²) >= 11 is 6.39. The number of pyridine rings is 1. The Kier molecular flexibility index (Phi) is 6.20. The second kappa shape index (κ2) is 8.77. The fraction of sp³-hybridized carbons (Fsp3) is 0.478. The van der Waals surface area contributed by atoms with Gasteiger partial charge in [-0.1, -0.05) is 11.6 Å². The number of hydrogen-bond donors (Lipinski definition) is 2. The highest BCUT2D eigenvalue weighted by Gasteiger charge is 2.38. The van der Waals surface area contributed by atoms with E-state index in [2.05, 4.69) is 27.1 Å². The molecule has 0 saturated carbocycles. The number of aliphatic hydroxyl groups excluding tert-OH is 1. The highest BCUT2D eigenvalue weighted by Crippen LogP contribution is 2.42. The number of aromatic nitrogens is 1. The predicted octanol–water partition coefficient (Wildman–Crippen LogP) is 3.97. The van der Waals surface area contributed by atoms with Crippen molar-refractivity contribution < 1.29 is 14.6 Å². The van der Waals surface area contributed by atoms with Gasteiger partial charge in [-0.25, -0.2) is 9.78 Å². The number of halogens is 1. The molecule has 1 aromatic carbocycles. The summed E-state index contributed by atoms with van der Waals surface area (Å²) < 4.78 is 5.44. The number of carbonyl (C=O) groups excluding carboxylic acids is 1. The molecule has 32 heavy (non-hydrogen) atoms. The van der Waals surface area contributed by atoms with Gasteiger partial charge in [0.25, 0.3) is 0 Å². The summed E-state index contributed by atoms with van der Waals surface area (Å²) in [6.45, 7) is 9.56. The van der Waals surface area contributed by atoms with E-state index in [9.17, 15) is 9.90 Å². The van der Waals surface area contributed by atoms with E-state index in [0.717, 1.165) is 31.9 Å². The molecule has 0 bridgehead atoms. The van der Waals surface area contributed by atoms with Crippen molar-refractivity contribution in [1.82, 2.24) is 14.8 Å². The van der Waals surface area contributed by atoms with Crippen LogP contribution in [-0.4, -0.2) is 64.8 Å². The maximum absolute atomic E-state index is 12.6. The van der Waals surface area contributed by atoms with Crippen LogP contribution in [0, 0.1) is 0 Å².